The first kappa shape index (κ1) is 17.8. The number of nitrogens with zero attached hydrogens (tertiary/aromatic N) is 1. The largest absolute Gasteiger partial charge is 0.465 e. The maximum Gasteiger partial charge on any atom is 0.407 e. The zero-order valence-corrected chi connectivity index (χ0v) is 13.8. The number of esters is 1. The van der Waals surface area contributed by atoms with Gasteiger partial charge in [0.05, 0.1) is 18.4 Å². The molecule has 0 atom stereocenters. The van der Waals surface area contributed by atoms with Crippen molar-refractivity contribution in [1.29, 1.82) is 0 Å². The Balaban J connectivity index is 2.58. The van der Waals surface area contributed by atoms with Crippen LogP contribution in [-0.2, 0) is 9.47 Å². The highest BCUT2D eigenvalue weighted by Gasteiger charge is 2.17. The number of alkyl carbamates (subject to hydrolysis) is 1. The summed E-state index contributed by atoms with van der Waals surface area (Å²) in [6, 6.07) is 7.17. The fourth-order valence-electron chi connectivity index (χ4n) is 1.85. The standard InChI is InChI=1S/C16H24N2O4/c1-16(2,3)22-15(20)17-10-11-18(4)13-9-7-6-8-12(13)14(19)21-5/h6-9H,10-11H2,1-5H3,(H,17,20). The number of hydrogen-bond acceptors (Lipinski definition) is 5. The topological polar surface area (TPSA) is 67.9 Å². The van der Waals surface area contributed by atoms with Crippen LogP contribution in [0.2, 0.25) is 0 Å². The number of ether oxygens (including phenoxy) is 2. The maximum absolute atomic E-state index is 11.7. The van der Waals surface area contributed by atoms with Gasteiger partial charge in [0.25, 0.3) is 0 Å². The molecule has 122 valence electrons. The number of likely N-dealkylation sites (N-methyl/N-ethyl adjacent to an activating group) is 1. The Bertz CT molecular complexity index is 523. The first-order valence-electron chi connectivity index (χ1n) is 7.10. The highest BCUT2D eigenvalue weighted by molar-refractivity contribution is 5.95. The van der Waals surface area contributed by atoms with Crippen molar-refractivity contribution in [3.05, 3.63) is 29.8 Å². The van der Waals surface area contributed by atoms with Crippen LogP contribution >= 0.6 is 0 Å². The lowest BCUT2D eigenvalue weighted by Gasteiger charge is -2.23. The molecule has 0 radical (unpaired) electrons. The molecule has 6 heteroatoms. The van der Waals surface area contributed by atoms with E-state index in [1.807, 2.05) is 44.9 Å². The molecule has 0 aromatic heterocycles. The van der Waals surface area contributed by atoms with Crippen molar-refractivity contribution < 1.29 is 19.1 Å². The van der Waals surface area contributed by atoms with Crippen LogP contribution in [-0.4, -0.2) is 44.9 Å². The number of rotatable bonds is 5. The van der Waals surface area contributed by atoms with E-state index in [0.717, 1.165) is 5.69 Å². The van der Waals surface area contributed by atoms with Crippen LogP contribution in [0.5, 0.6) is 0 Å². The highest BCUT2D eigenvalue weighted by atomic mass is 16.6. The number of para-hydroxylation sites is 1. The lowest BCUT2D eigenvalue weighted by Crippen LogP contribution is -2.37. The molecule has 1 aromatic carbocycles. The quantitative estimate of drug-likeness (QED) is 0.846. The van der Waals surface area contributed by atoms with E-state index in [4.69, 9.17) is 9.47 Å². The van der Waals surface area contributed by atoms with Crippen LogP contribution in [0, 0.1) is 0 Å². The minimum atomic E-state index is -0.520. The molecule has 1 aromatic rings. The second kappa shape index (κ2) is 7.68. The molecule has 1 amide bonds. The SMILES string of the molecule is COC(=O)c1ccccc1N(C)CCNC(=O)OC(C)(C)C. The molecule has 6 nitrogen and oxygen atoms in total. The van der Waals surface area contributed by atoms with Gasteiger partial charge in [0.15, 0.2) is 0 Å². The van der Waals surface area contributed by atoms with Crippen molar-refractivity contribution in [2.45, 2.75) is 26.4 Å². The smallest absolute Gasteiger partial charge is 0.407 e. The molecule has 0 unspecified atom stereocenters. The summed E-state index contributed by atoms with van der Waals surface area (Å²) < 4.78 is 9.93. The van der Waals surface area contributed by atoms with Gasteiger partial charge in [0.1, 0.15) is 5.60 Å². The van der Waals surface area contributed by atoms with Crippen molar-refractivity contribution in [2.75, 3.05) is 32.1 Å². The van der Waals surface area contributed by atoms with Crippen molar-refractivity contribution in [3.8, 4) is 0 Å². The van der Waals surface area contributed by atoms with E-state index in [-0.39, 0.29) is 5.97 Å². The van der Waals surface area contributed by atoms with Crippen LogP contribution in [0.25, 0.3) is 0 Å². The van der Waals surface area contributed by atoms with Crippen LogP contribution in [0.4, 0.5) is 10.5 Å². The Labute approximate surface area is 131 Å². The third kappa shape index (κ3) is 5.63. The third-order valence-corrected chi connectivity index (χ3v) is 2.84. The average molecular weight is 308 g/mol. The lowest BCUT2D eigenvalue weighted by atomic mass is 10.1. The molecular weight excluding hydrogens is 284 g/mol. The molecule has 1 N–H and O–H groups in total. The monoisotopic (exact) mass is 308 g/mol. The first-order chi connectivity index (χ1) is 10.2. The molecule has 0 aliphatic carbocycles. The molecule has 0 aliphatic rings. The second-order valence-electron chi connectivity index (χ2n) is 5.86. The van der Waals surface area contributed by atoms with Gasteiger partial charge in [-0.2, -0.15) is 0 Å². The number of amides is 1. The summed E-state index contributed by atoms with van der Waals surface area (Å²) in [7, 11) is 3.20. The molecule has 0 aliphatic heterocycles. The summed E-state index contributed by atoms with van der Waals surface area (Å²) in [5.74, 6) is -0.387. The normalized spacial score (nSPS) is 10.8. The molecule has 22 heavy (non-hydrogen) atoms. The summed E-state index contributed by atoms with van der Waals surface area (Å²) in [5, 5.41) is 2.68. The average Bonchev–Trinajstić information content (AvgIpc) is 2.44. The molecule has 0 bridgehead atoms. The van der Waals surface area contributed by atoms with Gasteiger partial charge in [0.2, 0.25) is 0 Å². The van der Waals surface area contributed by atoms with Crippen LogP contribution in [0.1, 0.15) is 31.1 Å². The maximum atomic E-state index is 11.7. The Kier molecular flexibility index (Phi) is 6.22. The fraction of sp³-hybridized carbons (Fsp3) is 0.500. The lowest BCUT2D eigenvalue weighted by molar-refractivity contribution is 0.0527. The Morgan fingerprint density at radius 2 is 1.86 bits per heavy atom. The molecule has 0 spiro atoms. The number of carbonyl (C=O) groups is 2. The second-order valence-corrected chi connectivity index (χ2v) is 5.86. The van der Waals surface area contributed by atoms with E-state index in [0.29, 0.717) is 18.7 Å². The van der Waals surface area contributed by atoms with Crippen LogP contribution in [0.3, 0.4) is 0 Å². The zero-order chi connectivity index (χ0) is 16.8. The van der Waals surface area contributed by atoms with Crippen molar-refractivity contribution >= 4 is 17.7 Å². The van der Waals surface area contributed by atoms with E-state index in [2.05, 4.69) is 5.32 Å². The number of carbonyl (C=O) groups excluding carboxylic acids is 2. The summed E-state index contributed by atoms with van der Waals surface area (Å²) in [4.78, 5) is 25.2. The Morgan fingerprint density at radius 3 is 2.45 bits per heavy atom. The van der Waals surface area contributed by atoms with E-state index >= 15 is 0 Å². The highest BCUT2D eigenvalue weighted by Crippen LogP contribution is 2.19. The number of anilines is 1. The van der Waals surface area contributed by atoms with Gasteiger partial charge in [-0.3, -0.25) is 0 Å². The Hall–Kier alpha value is -2.24. The molecular formula is C16H24N2O4. The number of hydrogen-bond donors (Lipinski definition) is 1. The molecule has 0 saturated carbocycles. The van der Waals surface area contributed by atoms with Gasteiger partial charge < -0.3 is 19.7 Å². The van der Waals surface area contributed by atoms with Crippen molar-refractivity contribution in [2.24, 2.45) is 0 Å². The summed E-state index contributed by atoms with van der Waals surface area (Å²) >= 11 is 0. The van der Waals surface area contributed by atoms with E-state index in [1.165, 1.54) is 7.11 Å². The third-order valence-electron chi connectivity index (χ3n) is 2.84. The van der Waals surface area contributed by atoms with Gasteiger partial charge in [-0.25, -0.2) is 9.59 Å². The van der Waals surface area contributed by atoms with Crippen molar-refractivity contribution in [1.82, 2.24) is 5.32 Å². The van der Waals surface area contributed by atoms with Gasteiger partial charge in [0, 0.05) is 20.1 Å². The predicted molar refractivity (Wildman–Crippen MR) is 85.3 cm³/mol. The zero-order valence-electron chi connectivity index (χ0n) is 13.8. The Morgan fingerprint density at radius 1 is 1.23 bits per heavy atom. The first-order valence-corrected chi connectivity index (χ1v) is 7.10. The van der Waals surface area contributed by atoms with Crippen LogP contribution in [0.15, 0.2) is 24.3 Å². The minimum absolute atomic E-state index is 0.387. The van der Waals surface area contributed by atoms with E-state index in [9.17, 15) is 9.59 Å². The van der Waals surface area contributed by atoms with Gasteiger partial charge in [-0.15, -0.1) is 0 Å². The number of benzene rings is 1. The van der Waals surface area contributed by atoms with Crippen molar-refractivity contribution in [3.63, 3.8) is 0 Å². The summed E-state index contributed by atoms with van der Waals surface area (Å²) in [6.45, 7) is 6.37. The molecule has 0 fully saturated rings. The molecule has 0 saturated heterocycles. The van der Waals surface area contributed by atoms with Gasteiger partial charge >= 0.3 is 12.1 Å². The number of nitrogens with one attached hydrogen (secondary N) is 1. The molecule has 1 rings (SSSR count). The summed E-state index contributed by atoms with van der Waals surface area (Å²) in [6.07, 6.45) is -0.456. The predicted octanol–water partition coefficient (Wildman–Crippen LogP) is 2.43. The summed E-state index contributed by atoms with van der Waals surface area (Å²) in [5.41, 5.74) is 0.720. The van der Waals surface area contributed by atoms with Gasteiger partial charge in [-0.1, -0.05) is 12.1 Å². The van der Waals surface area contributed by atoms with Gasteiger partial charge in [-0.05, 0) is 32.9 Å². The van der Waals surface area contributed by atoms with Crippen LogP contribution < -0.4 is 10.2 Å². The number of methoxy groups -OCH3 is 1. The minimum Gasteiger partial charge on any atom is -0.465 e. The molecule has 0 heterocycles. The fourth-order valence-corrected chi connectivity index (χ4v) is 1.85. The van der Waals surface area contributed by atoms with E-state index in [1.54, 1.807) is 12.1 Å². The van der Waals surface area contributed by atoms with E-state index < -0.39 is 11.7 Å².